The Labute approximate surface area is 154 Å². The molecule has 1 unspecified atom stereocenters. The van der Waals surface area contributed by atoms with Crippen molar-refractivity contribution in [2.45, 2.75) is 32.4 Å². The van der Waals surface area contributed by atoms with Crippen LogP contribution in [-0.4, -0.2) is 37.7 Å². The molecule has 3 N–H and O–H groups in total. The first-order valence-electron chi connectivity index (χ1n) is 8.90. The Bertz CT molecular complexity index is 1150. The van der Waals surface area contributed by atoms with Crippen LogP contribution in [-0.2, 0) is 0 Å². The quantitative estimate of drug-likeness (QED) is 0.633. The summed E-state index contributed by atoms with van der Waals surface area (Å²) in [5, 5.41) is 8.93. The molecule has 9 heteroatoms. The van der Waals surface area contributed by atoms with Crippen molar-refractivity contribution in [2.75, 3.05) is 16.9 Å². The molecule has 3 aromatic rings. The van der Waals surface area contributed by atoms with Crippen molar-refractivity contribution in [2.24, 2.45) is 0 Å². The summed E-state index contributed by atoms with van der Waals surface area (Å²) in [4.78, 5) is 37.4. The van der Waals surface area contributed by atoms with Crippen molar-refractivity contribution in [3.05, 3.63) is 46.3 Å². The van der Waals surface area contributed by atoms with Gasteiger partial charge >= 0.3 is 0 Å². The number of anilines is 2. The molecule has 5 rings (SSSR count). The highest BCUT2D eigenvalue weighted by molar-refractivity contribution is 5.96. The van der Waals surface area contributed by atoms with Gasteiger partial charge in [-0.05, 0) is 44.4 Å². The Hall–Kier alpha value is -3.36. The number of rotatable bonds is 2. The number of aryl methyl sites for hydroxylation is 1. The van der Waals surface area contributed by atoms with Gasteiger partial charge in [-0.15, -0.1) is 0 Å². The van der Waals surface area contributed by atoms with Gasteiger partial charge in [-0.3, -0.25) is 14.6 Å². The minimum atomic E-state index is -0.540. The Balaban J connectivity index is 1.68. The molecule has 0 bridgehead atoms. The lowest BCUT2D eigenvalue weighted by atomic mass is 10.1. The number of fused-ring (bicyclic) bond motifs is 4. The van der Waals surface area contributed by atoms with Gasteiger partial charge in [0.1, 0.15) is 34.8 Å². The molecule has 0 aliphatic carbocycles. The van der Waals surface area contributed by atoms with Crippen LogP contribution in [0.15, 0.2) is 29.5 Å². The van der Waals surface area contributed by atoms with Crippen molar-refractivity contribution >= 4 is 28.4 Å². The Morgan fingerprint density at radius 3 is 3.00 bits per heavy atom. The monoisotopic (exact) mass is 365 g/mol. The highest BCUT2D eigenvalue weighted by Crippen LogP contribution is 2.30. The topological polar surface area (TPSA) is 108 Å². The first-order valence-corrected chi connectivity index (χ1v) is 8.90. The minimum Gasteiger partial charge on any atom is -0.346 e. The number of nitrogens with zero attached hydrogens (tertiary/aromatic N) is 4. The highest BCUT2D eigenvalue weighted by atomic mass is 16.2. The Kier molecular flexibility index (Phi) is 3.13. The smallest absolute Gasteiger partial charge is 0.293 e. The number of aromatic amines is 1. The van der Waals surface area contributed by atoms with Crippen molar-refractivity contribution in [1.29, 1.82) is 0 Å². The standard InChI is InChI=1S/C18H19N7O2/c1-10-8-12(22-15-11-4-6-19-14(11)20-9-21-15)17(27)25-13(10)16(26)23-18(2)5-3-7-24(18)25/h4,6,8-9H,3,5,7H2,1-2H3,(H,23,26)(H2,19,20,21,22). The van der Waals surface area contributed by atoms with E-state index in [4.69, 9.17) is 0 Å². The van der Waals surface area contributed by atoms with Gasteiger partial charge in [-0.25, -0.2) is 14.6 Å². The lowest BCUT2D eigenvalue weighted by molar-refractivity contribution is 0.0850. The van der Waals surface area contributed by atoms with Crippen LogP contribution in [0.2, 0.25) is 0 Å². The summed E-state index contributed by atoms with van der Waals surface area (Å²) < 4.78 is 1.53. The predicted molar refractivity (Wildman–Crippen MR) is 101 cm³/mol. The highest BCUT2D eigenvalue weighted by Gasteiger charge is 2.45. The predicted octanol–water partition coefficient (Wildman–Crippen LogP) is 1.36. The maximum Gasteiger partial charge on any atom is 0.293 e. The number of nitrogens with one attached hydrogen (secondary N) is 3. The molecule has 0 spiro atoms. The van der Waals surface area contributed by atoms with E-state index in [9.17, 15) is 9.59 Å². The molecule has 3 aromatic heterocycles. The van der Waals surface area contributed by atoms with E-state index in [0.717, 1.165) is 23.8 Å². The summed E-state index contributed by atoms with van der Waals surface area (Å²) in [6, 6.07) is 3.55. The molecule has 5 heterocycles. The number of carbonyl (C=O) groups excluding carboxylic acids is 1. The van der Waals surface area contributed by atoms with E-state index in [0.29, 0.717) is 29.4 Å². The molecule has 1 saturated heterocycles. The van der Waals surface area contributed by atoms with E-state index in [-0.39, 0.29) is 11.5 Å². The second-order valence-corrected chi connectivity index (χ2v) is 7.25. The summed E-state index contributed by atoms with van der Waals surface area (Å²) in [7, 11) is 0. The fourth-order valence-corrected chi connectivity index (χ4v) is 4.12. The molecule has 1 fully saturated rings. The molecule has 0 radical (unpaired) electrons. The molecule has 27 heavy (non-hydrogen) atoms. The zero-order valence-electron chi connectivity index (χ0n) is 15.0. The summed E-state index contributed by atoms with van der Waals surface area (Å²) in [5.41, 5.74) is 1.38. The van der Waals surface area contributed by atoms with Gasteiger partial charge in [0.25, 0.3) is 11.5 Å². The number of pyridine rings is 1. The molecule has 1 amide bonds. The first kappa shape index (κ1) is 15.9. The summed E-state index contributed by atoms with van der Waals surface area (Å²) in [6.07, 6.45) is 4.93. The third-order valence-corrected chi connectivity index (χ3v) is 5.42. The zero-order chi connectivity index (χ0) is 18.8. The number of H-pyrrole nitrogens is 1. The van der Waals surface area contributed by atoms with Crippen LogP contribution in [0.3, 0.4) is 0 Å². The third-order valence-electron chi connectivity index (χ3n) is 5.42. The molecular weight excluding hydrogens is 346 g/mol. The van der Waals surface area contributed by atoms with Crippen LogP contribution in [0.25, 0.3) is 11.0 Å². The van der Waals surface area contributed by atoms with Gasteiger partial charge in [-0.1, -0.05) is 0 Å². The second kappa shape index (κ2) is 5.32. The van der Waals surface area contributed by atoms with Crippen LogP contribution < -0.4 is 21.2 Å². The number of hydrogen-bond donors (Lipinski definition) is 3. The largest absolute Gasteiger partial charge is 0.346 e. The van der Waals surface area contributed by atoms with Gasteiger partial charge in [0, 0.05) is 12.7 Å². The van der Waals surface area contributed by atoms with Crippen LogP contribution >= 0.6 is 0 Å². The zero-order valence-corrected chi connectivity index (χ0v) is 15.0. The van der Waals surface area contributed by atoms with E-state index in [1.54, 1.807) is 12.3 Å². The van der Waals surface area contributed by atoms with E-state index in [1.165, 1.54) is 11.0 Å². The van der Waals surface area contributed by atoms with Crippen molar-refractivity contribution in [3.63, 3.8) is 0 Å². The SMILES string of the molecule is Cc1cc(Nc2ncnc3[nH]ccc23)c(=O)n2c1C(=O)NC1(C)CCCN21. The van der Waals surface area contributed by atoms with Gasteiger partial charge in [0.15, 0.2) is 0 Å². The Morgan fingerprint density at radius 1 is 1.30 bits per heavy atom. The van der Waals surface area contributed by atoms with Crippen LogP contribution in [0.4, 0.5) is 11.5 Å². The van der Waals surface area contributed by atoms with Gasteiger partial charge in [0.05, 0.1) is 5.39 Å². The fraction of sp³-hybridized carbons (Fsp3) is 0.333. The lowest BCUT2D eigenvalue weighted by Gasteiger charge is -2.43. The molecule has 0 aromatic carbocycles. The van der Waals surface area contributed by atoms with E-state index in [2.05, 4.69) is 25.6 Å². The van der Waals surface area contributed by atoms with E-state index in [1.807, 2.05) is 24.9 Å². The minimum absolute atomic E-state index is 0.216. The van der Waals surface area contributed by atoms with E-state index < -0.39 is 5.66 Å². The van der Waals surface area contributed by atoms with Crippen LogP contribution in [0, 0.1) is 6.92 Å². The van der Waals surface area contributed by atoms with E-state index >= 15 is 0 Å². The number of aromatic nitrogens is 4. The van der Waals surface area contributed by atoms with Crippen LogP contribution in [0.1, 0.15) is 35.8 Å². The first-order chi connectivity index (χ1) is 13.0. The molecular formula is C18H19N7O2. The molecule has 138 valence electrons. The van der Waals surface area contributed by atoms with Gasteiger partial charge < -0.3 is 15.6 Å². The summed E-state index contributed by atoms with van der Waals surface area (Å²) in [5.74, 6) is 0.328. The van der Waals surface area contributed by atoms with Crippen molar-refractivity contribution < 1.29 is 4.79 Å². The van der Waals surface area contributed by atoms with Gasteiger partial charge in [0.2, 0.25) is 0 Å². The number of amides is 1. The average Bonchev–Trinajstić information content (AvgIpc) is 3.24. The Morgan fingerprint density at radius 2 is 2.15 bits per heavy atom. The molecule has 9 nitrogen and oxygen atoms in total. The maximum atomic E-state index is 13.3. The average molecular weight is 365 g/mol. The lowest BCUT2D eigenvalue weighted by Crippen LogP contribution is -2.67. The maximum absolute atomic E-state index is 13.3. The van der Waals surface area contributed by atoms with Gasteiger partial charge in [-0.2, -0.15) is 0 Å². The summed E-state index contributed by atoms with van der Waals surface area (Å²) >= 11 is 0. The third kappa shape index (κ3) is 2.17. The van der Waals surface area contributed by atoms with Crippen molar-refractivity contribution in [1.82, 2.24) is 24.9 Å². The van der Waals surface area contributed by atoms with Crippen molar-refractivity contribution in [3.8, 4) is 0 Å². The summed E-state index contributed by atoms with van der Waals surface area (Å²) in [6.45, 7) is 4.50. The normalized spacial score (nSPS) is 21.1. The number of carbonyl (C=O) groups is 1. The second-order valence-electron chi connectivity index (χ2n) is 7.25. The van der Waals surface area contributed by atoms with Crippen LogP contribution in [0.5, 0.6) is 0 Å². The molecule has 1 atom stereocenters. The molecule has 2 aliphatic heterocycles. The molecule has 0 saturated carbocycles. The number of hydrogen-bond acceptors (Lipinski definition) is 6. The fourth-order valence-electron chi connectivity index (χ4n) is 4.12. The molecule has 2 aliphatic rings.